The number of nitrogens with zero attached hydrogens (tertiary/aromatic N) is 1. The molecule has 0 aliphatic carbocycles. The van der Waals surface area contributed by atoms with Gasteiger partial charge in [0, 0.05) is 17.4 Å². The number of hydrogen-bond donors (Lipinski definition) is 0. The number of fused-ring (bicyclic) bond motifs is 1. The van der Waals surface area contributed by atoms with E-state index in [1.165, 1.54) is 24.3 Å². The highest BCUT2D eigenvalue weighted by molar-refractivity contribution is 5.87. The van der Waals surface area contributed by atoms with E-state index in [0.29, 0.717) is 27.7 Å². The van der Waals surface area contributed by atoms with Gasteiger partial charge in [0.05, 0.1) is 11.2 Å². The number of pyridine rings is 1. The van der Waals surface area contributed by atoms with E-state index in [1.54, 1.807) is 24.3 Å². The molecule has 0 fully saturated rings. The molecule has 1 heterocycles. The normalized spacial score (nSPS) is 10.8. The smallest absolute Gasteiger partial charge is 0.132 e. The second-order valence-corrected chi connectivity index (χ2v) is 4.68. The molecule has 0 unspecified atom stereocenters. The first-order chi connectivity index (χ1) is 10.2. The van der Waals surface area contributed by atoms with Gasteiger partial charge in [-0.15, -0.1) is 0 Å². The van der Waals surface area contributed by atoms with Crippen LogP contribution in [0.2, 0.25) is 0 Å². The largest absolute Gasteiger partial charge is 0.303 e. The Bertz CT molecular complexity index is 830. The van der Waals surface area contributed by atoms with E-state index >= 15 is 0 Å². The van der Waals surface area contributed by atoms with Crippen molar-refractivity contribution in [1.29, 1.82) is 0 Å². The number of carbonyl (C=O) groups is 1. The van der Waals surface area contributed by atoms with Gasteiger partial charge >= 0.3 is 0 Å². The van der Waals surface area contributed by atoms with Gasteiger partial charge in [0.1, 0.15) is 17.9 Å². The predicted octanol–water partition coefficient (Wildman–Crippen LogP) is 3.92. The molecule has 0 N–H and O–H groups in total. The minimum absolute atomic E-state index is 0.129. The SMILES string of the molecule is O=CCc1cc(-c2ccccc2F)nc2ccc(F)cc12. The molecule has 1 aromatic heterocycles. The third kappa shape index (κ3) is 2.52. The maximum atomic E-state index is 13.9. The van der Waals surface area contributed by atoms with Crippen molar-refractivity contribution in [3.8, 4) is 11.3 Å². The molecular weight excluding hydrogens is 272 g/mol. The van der Waals surface area contributed by atoms with E-state index in [4.69, 9.17) is 0 Å². The van der Waals surface area contributed by atoms with E-state index in [9.17, 15) is 13.6 Å². The fraction of sp³-hybridized carbons (Fsp3) is 0.0588. The van der Waals surface area contributed by atoms with Crippen LogP contribution in [0, 0.1) is 11.6 Å². The summed E-state index contributed by atoms with van der Waals surface area (Å²) in [5.74, 6) is -0.779. The van der Waals surface area contributed by atoms with E-state index in [0.717, 1.165) is 6.29 Å². The van der Waals surface area contributed by atoms with Gasteiger partial charge in [-0.05, 0) is 42.0 Å². The molecule has 104 valence electrons. The molecule has 0 aliphatic heterocycles. The average Bonchev–Trinajstić information content (AvgIpc) is 2.48. The highest BCUT2D eigenvalue weighted by Crippen LogP contribution is 2.27. The zero-order valence-electron chi connectivity index (χ0n) is 11.0. The van der Waals surface area contributed by atoms with Crippen LogP contribution >= 0.6 is 0 Å². The quantitative estimate of drug-likeness (QED) is 0.682. The Morgan fingerprint density at radius 3 is 2.62 bits per heavy atom. The molecular formula is C17H11F2NO. The first kappa shape index (κ1) is 13.4. The van der Waals surface area contributed by atoms with Crippen molar-refractivity contribution in [1.82, 2.24) is 4.98 Å². The summed E-state index contributed by atoms with van der Waals surface area (Å²) < 4.78 is 27.3. The fourth-order valence-corrected chi connectivity index (χ4v) is 2.33. The zero-order valence-corrected chi connectivity index (χ0v) is 11.0. The van der Waals surface area contributed by atoms with E-state index in [-0.39, 0.29) is 12.2 Å². The van der Waals surface area contributed by atoms with Crippen molar-refractivity contribution in [3.05, 3.63) is 65.7 Å². The standard InChI is InChI=1S/C17H11F2NO/c18-12-5-6-16-14(10-12)11(7-8-21)9-17(20-16)13-3-1-2-4-15(13)19/h1-6,8-10H,7H2. The van der Waals surface area contributed by atoms with Crippen LogP contribution in [0.1, 0.15) is 5.56 Å². The summed E-state index contributed by atoms with van der Waals surface area (Å²) in [5, 5.41) is 0.571. The molecule has 21 heavy (non-hydrogen) atoms. The van der Waals surface area contributed by atoms with Crippen LogP contribution < -0.4 is 0 Å². The van der Waals surface area contributed by atoms with Crippen molar-refractivity contribution in [3.63, 3.8) is 0 Å². The Labute approximate surface area is 120 Å². The summed E-state index contributed by atoms with van der Waals surface area (Å²) in [4.78, 5) is 15.2. The van der Waals surface area contributed by atoms with Crippen LogP contribution in [0.3, 0.4) is 0 Å². The van der Waals surface area contributed by atoms with Gasteiger partial charge in [-0.2, -0.15) is 0 Å². The lowest BCUT2D eigenvalue weighted by molar-refractivity contribution is -0.107. The number of rotatable bonds is 3. The topological polar surface area (TPSA) is 30.0 Å². The molecule has 4 heteroatoms. The Kier molecular flexibility index (Phi) is 3.44. The first-order valence-electron chi connectivity index (χ1n) is 6.47. The van der Waals surface area contributed by atoms with Gasteiger partial charge in [-0.1, -0.05) is 12.1 Å². The molecule has 0 amide bonds. The van der Waals surface area contributed by atoms with E-state index < -0.39 is 5.82 Å². The van der Waals surface area contributed by atoms with Crippen LogP contribution in [-0.4, -0.2) is 11.3 Å². The zero-order chi connectivity index (χ0) is 14.8. The van der Waals surface area contributed by atoms with Gasteiger partial charge in [0.15, 0.2) is 0 Å². The molecule has 0 bridgehead atoms. The van der Waals surface area contributed by atoms with Gasteiger partial charge in [-0.25, -0.2) is 13.8 Å². The van der Waals surface area contributed by atoms with Crippen LogP contribution in [0.25, 0.3) is 22.2 Å². The molecule has 0 atom stereocenters. The number of aldehydes is 1. The summed E-state index contributed by atoms with van der Waals surface area (Å²) in [6.45, 7) is 0. The monoisotopic (exact) mass is 283 g/mol. The summed E-state index contributed by atoms with van der Waals surface area (Å²) in [6, 6.07) is 12.1. The average molecular weight is 283 g/mol. The second-order valence-electron chi connectivity index (χ2n) is 4.68. The van der Waals surface area contributed by atoms with Crippen LogP contribution in [0.4, 0.5) is 8.78 Å². The number of benzene rings is 2. The van der Waals surface area contributed by atoms with Gasteiger partial charge in [0.25, 0.3) is 0 Å². The summed E-state index contributed by atoms with van der Waals surface area (Å²) in [6.07, 6.45) is 0.870. The van der Waals surface area contributed by atoms with Gasteiger partial charge in [-0.3, -0.25) is 0 Å². The second kappa shape index (κ2) is 5.40. The fourth-order valence-electron chi connectivity index (χ4n) is 2.33. The Balaban J connectivity index is 2.28. The first-order valence-corrected chi connectivity index (χ1v) is 6.47. The predicted molar refractivity (Wildman–Crippen MR) is 76.9 cm³/mol. The summed E-state index contributed by atoms with van der Waals surface area (Å²) in [7, 11) is 0. The van der Waals surface area contributed by atoms with Crippen LogP contribution in [0.15, 0.2) is 48.5 Å². The molecule has 2 aromatic carbocycles. The van der Waals surface area contributed by atoms with Gasteiger partial charge < -0.3 is 4.79 Å². The Morgan fingerprint density at radius 1 is 1.05 bits per heavy atom. The third-order valence-corrected chi connectivity index (χ3v) is 3.31. The Morgan fingerprint density at radius 2 is 1.86 bits per heavy atom. The molecule has 0 saturated carbocycles. The highest BCUT2D eigenvalue weighted by atomic mass is 19.1. The number of aromatic nitrogens is 1. The molecule has 0 aliphatic rings. The van der Waals surface area contributed by atoms with Crippen molar-refractivity contribution in [2.24, 2.45) is 0 Å². The molecule has 0 radical (unpaired) electrons. The number of carbonyl (C=O) groups excluding carboxylic acids is 1. The molecule has 3 aromatic rings. The summed E-state index contributed by atoms with van der Waals surface area (Å²) in [5.41, 5.74) is 1.96. The molecule has 0 spiro atoms. The van der Waals surface area contributed by atoms with Crippen molar-refractivity contribution in [2.75, 3.05) is 0 Å². The summed E-state index contributed by atoms with van der Waals surface area (Å²) >= 11 is 0. The van der Waals surface area contributed by atoms with Crippen LogP contribution in [-0.2, 0) is 11.2 Å². The van der Waals surface area contributed by atoms with E-state index in [1.807, 2.05) is 0 Å². The van der Waals surface area contributed by atoms with E-state index in [2.05, 4.69) is 4.98 Å². The van der Waals surface area contributed by atoms with Crippen LogP contribution in [0.5, 0.6) is 0 Å². The maximum Gasteiger partial charge on any atom is 0.132 e. The van der Waals surface area contributed by atoms with Crippen molar-refractivity contribution in [2.45, 2.75) is 6.42 Å². The van der Waals surface area contributed by atoms with Crippen molar-refractivity contribution >= 4 is 17.2 Å². The minimum Gasteiger partial charge on any atom is -0.303 e. The van der Waals surface area contributed by atoms with Crippen molar-refractivity contribution < 1.29 is 13.6 Å². The highest BCUT2D eigenvalue weighted by Gasteiger charge is 2.11. The molecule has 0 saturated heterocycles. The maximum absolute atomic E-state index is 13.9. The lowest BCUT2D eigenvalue weighted by Gasteiger charge is -2.09. The minimum atomic E-state index is -0.393. The lowest BCUT2D eigenvalue weighted by atomic mass is 10.0. The molecule has 2 nitrogen and oxygen atoms in total. The lowest BCUT2D eigenvalue weighted by Crippen LogP contribution is -1.95. The van der Waals surface area contributed by atoms with Gasteiger partial charge in [0.2, 0.25) is 0 Å². The Hall–Kier alpha value is -2.62. The third-order valence-electron chi connectivity index (χ3n) is 3.31. The number of hydrogen-bond acceptors (Lipinski definition) is 2. The molecule has 3 rings (SSSR count). The number of halogens is 2.